The van der Waals surface area contributed by atoms with Crippen LogP contribution in [0.3, 0.4) is 0 Å². The fourth-order valence-corrected chi connectivity index (χ4v) is 3.67. The average molecular weight is 387 g/mol. The predicted molar refractivity (Wildman–Crippen MR) is 107 cm³/mol. The normalized spacial score (nSPS) is 15.8. The molecule has 0 spiro atoms. The van der Waals surface area contributed by atoms with E-state index in [1.54, 1.807) is 11.0 Å². The second-order valence-electron chi connectivity index (χ2n) is 6.50. The number of carbonyl (C=O) groups is 2. The Bertz CT molecular complexity index is 813. The standard InChI is InChI=1S/C19H23N5O2S/c1-15(25)24(17-6-4-3-5-7-17)19-20-16(14-27-19)8-9-18(26)21-23-12-10-22(2)11-13-23/h3-9,14H,10-13H2,1-2H3,(H,21,26)/p+1/b9-8+. The van der Waals surface area contributed by atoms with Gasteiger partial charge in [0.1, 0.15) is 0 Å². The molecule has 7 nitrogen and oxygen atoms in total. The van der Waals surface area contributed by atoms with Crippen molar-refractivity contribution in [2.24, 2.45) is 0 Å². The highest BCUT2D eigenvalue weighted by atomic mass is 32.1. The third-order valence-corrected chi connectivity index (χ3v) is 5.17. The van der Waals surface area contributed by atoms with Crippen molar-refractivity contribution in [1.82, 2.24) is 15.4 Å². The van der Waals surface area contributed by atoms with Gasteiger partial charge >= 0.3 is 0 Å². The van der Waals surface area contributed by atoms with Crippen molar-refractivity contribution in [3.8, 4) is 0 Å². The Morgan fingerprint density at radius 1 is 1.26 bits per heavy atom. The summed E-state index contributed by atoms with van der Waals surface area (Å²) in [6.45, 7) is 5.22. The number of rotatable bonds is 5. The first-order chi connectivity index (χ1) is 13.0. The van der Waals surface area contributed by atoms with Crippen molar-refractivity contribution in [3.63, 3.8) is 0 Å². The lowest BCUT2D eigenvalue weighted by molar-refractivity contribution is -0.884. The zero-order chi connectivity index (χ0) is 19.2. The van der Waals surface area contributed by atoms with E-state index in [0.29, 0.717) is 10.8 Å². The number of thiazole rings is 1. The molecule has 0 atom stereocenters. The molecular formula is C19H24N5O2S+. The van der Waals surface area contributed by atoms with E-state index in [1.807, 2.05) is 40.7 Å². The molecule has 2 aromatic rings. The van der Waals surface area contributed by atoms with Gasteiger partial charge in [-0.15, -0.1) is 11.3 Å². The molecule has 0 bridgehead atoms. The van der Waals surface area contributed by atoms with E-state index in [9.17, 15) is 9.59 Å². The van der Waals surface area contributed by atoms with Gasteiger partial charge < -0.3 is 4.90 Å². The quantitative estimate of drug-likeness (QED) is 0.743. The van der Waals surface area contributed by atoms with Crippen molar-refractivity contribution in [3.05, 3.63) is 47.5 Å². The van der Waals surface area contributed by atoms with Gasteiger partial charge in [0.05, 0.1) is 44.6 Å². The fourth-order valence-electron chi connectivity index (χ4n) is 2.81. The van der Waals surface area contributed by atoms with Crippen LogP contribution in [0.5, 0.6) is 0 Å². The number of para-hydroxylation sites is 1. The third kappa shape index (κ3) is 5.22. The lowest BCUT2D eigenvalue weighted by atomic mass is 10.3. The molecule has 0 saturated carbocycles. The molecule has 3 rings (SSSR count). The highest BCUT2D eigenvalue weighted by molar-refractivity contribution is 7.14. The van der Waals surface area contributed by atoms with E-state index in [2.05, 4.69) is 17.5 Å². The average Bonchev–Trinajstić information content (AvgIpc) is 3.11. The van der Waals surface area contributed by atoms with Gasteiger partial charge in [0.15, 0.2) is 5.13 Å². The number of benzene rings is 1. The van der Waals surface area contributed by atoms with Gasteiger partial charge in [0, 0.05) is 18.4 Å². The van der Waals surface area contributed by atoms with Crippen LogP contribution in [0.25, 0.3) is 6.08 Å². The van der Waals surface area contributed by atoms with Crippen molar-refractivity contribution in [1.29, 1.82) is 0 Å². The molecule has 1 aromatic carbocycles. The molecule has 8 heteroatoms. The van der Waals surface area contributed by atoms with Crippen molar-refractivity contribution in [2.45, 2.75) is 6.92 Å². The maximum Gasteiger partial charge on any atom is 0.258 e. The van der Waals surface area contributed by atoms with E-state index in [-0.39, 0.29) is 11.8 Å². The maximum atomic E-state index is 12.1. The SMILES string of the molecule is CC(=O)N(c1ccccc1)c1nc(/C=C/C(=O)NN2CC[NH+](C)CC2)cs1. The summed E-state index contributed by atoms with van der Waals surface area (Å²) in [5.74, 6) is -0.281. The summed E-state index contributed by atoms with van der Waals surface area (Å²) in [5.41, 5.74) is 4.31. The molecule has 1 aromatic heterocycles. The van der Waals surface area contributed by atoms with Crippen LogP contribution in [0.15, 0.2) is 41.8 Å². The molecule has 1 aliphatic heterocycles. The first-order valence-electron chi connectivity index (χ1n) is 8.89. The summed E-state index contributed by atoms with van der Waals surface area (Å²) in [6, 6.07) is 9.39. The Kier molecular flexibility index (Phi) is 6.33. The fraction of sp³-hybridized carbons (Fsp3) is 0.316. The van der Waals surface area contributed by atoms with E-state index in [0.717, 1.165) is 31.9 Å². The second-order valence-corrected chi connectivity index (χ2v) is 7.34. The summed E-state index contributed by atoms with van der Waals surface area (Å²) >= 11 is 1.37. The lowest BCUT2D eigenvalue weighted by Crippen LogP contribution is -3.12. The van der Waals surface area contributed by atoms with Crippen LogP contribution in [0, 0.1) is 0 Å². The summed E-state index contributed by atoms with van der Waals surface area (Å²) in [6.07, 6.45) is 3.14. The molecule has 0 unspecified atom stereocenters. The monoisotopic (exact) mass is 386 g/mol. The van der Waals surface area contributed by atoms with Crippen LogP contribution in [-0.2, 0) is 9.59 Å². The van der Waals surface area contributed by atoms with Gasteiger partial charge in [0.25, 0.3) is 5.91 Å². The number of carbonyl (C=O) groups excluding carboxylic acids is 2. The minimum Gasteiger partial charge on any atom is -0.335 e. The molecule has 27 heavy (non-hydrogen) atoms. The number of amides is 2. The Labute approximate surface area is 162 Å². The minimum absolute atomic E-state index is 0.110. The van der Waals surface area contributed by atoms with Crippen molar-refractivity contribution < 1.29 is 14.5 Å². The van der Waals surface area contributed by atoms with Gasteiger partial charge in [-0.1, -0.05) is 18.2 Å². The largest absolute Gasteiger partial charge is 0.335 e. The maximum absolute atomic E-state index is 12.1. The summed E-state index contributed by atoms with van der Waals surface area (Å²) < 4.78 is 0. The smallest absolute Gasteiger partial charge is 0.258 e. The van der Waals surface area contributed by atoms with Gasteiger partial charge in [-0.2, -0.15) is 0 Å². The van der Waals surface area contributed by atoms with Crippen LogP contribution in [0.2, 0.25) is 0 Å². The molecule has 2 N–H and O–H groups in total. The molecule has 2 heterocycles. The van der Waals surface area contributed by atoms with Gasteiger partial charge in [-0.3, -0.25) is 19.9 Å². The minimum atomic E-state index is -0.171. The van der Waals surface area contributed by atoms with E-state index >= 15 is 0 Å². The first-order valence-corrected chi connectivity index (χ1v) is 9.77. The number of likely N-dealkylation sites (N-methyl/N-ethyl adjacent to an activating group) is 1. The van der Waals surface area contributed by atoms with Crippen LogP contribution in [-0.4, -0.2) is 55.0 Å². The second kappa shape index (κ2) is 8.90. The number of anilines is 2. The van der Waals surface area contributed by atoms with Crippen LogP contribution < -0.4 is 15.2 Å². The molecule has 1 saturated heterocycles. The third-order valence-electron chi connectivity index (χ3n) is 4.32. The number of hydrazine groups is 1. The number of nitrogens with one attached hydrogen (secondary N) is 2. The van der Waals surface area contributed by atoms with Crippen LogP contribution in [0.1, 0.15) is 12.6 Å². The molecule has 1 fully saturated rings. The number of hydrogen-bond donors (Lipinski definition) is 2. The molecule has 0 aliphatic carbocycles. The van der Waals surface area contributed by atoms with Crippen molar-refractivity contribution >= 4 is 40.0 Å². The topological polar surface area (TPSA) is 70.0 Å². The van der Waals surface area contributed by atoms with Crippen LogP contribution in [0.4, 0.5) is 10.8 Å². The molecule has 0 radical (unpaired) electrons. The van der Waals surface area contributed by atoms with E-state index in [4.69, 9.17) is 0 Å². The Morgan fingerprint density at radius 3 is 2.63 bits per heavy atom. The summed E-state index contributed by atoms with van der Waals surface area (Å²) in [7, 11) is 2.15. The number of piperazine rings is 1. The number of hydrogen-bond acceptors (Lipinski definition) is 5. The zero-order valence-corrected chi connectivity index (χ0v) is 16.3. The van der Waals surface area contributed by atoms with Crippen LogP contribution >= 0.6 is 11.3 Å². The van der Waals surface area contributed by atoms with E-state index in [1.165, 1.54) is 29.2 Å². The first kappa shape index (κ1) is 19.2. The molecular weight excluding hydrogens is 362 g/mol. The number of quaternary nitrogens is 1. The Balaban J connectivity index is 1.63. The molecule has 1 aliphatic rings. The highest BCUT2D eigenvalue weighted by Crippen LogP contribution is 2.28. The van der Waals surface area contributed by atoms with Crippen molar-refractivity contribution in [2.75, 3.05) is 38.1 Å². The predicted octanol–water partition coefficient (Wildman–Crippen LogP) is 0.702. The molecule has 2 amide bonds. The van der Waals surface area contributed by atoms with Gasteiger partial charge in [-0.05, 0) is 18.2 Å². The van der Waals surface area contributed by atoms with Gasteiger partial charge in [-0.25, -0.2) is 9.99 Å². The Morgan fingerprint density at radius 2 is 1.96 bits per heavy atom. The van der Waals surface area contributed by atoms with Gasteiger partial charge in [0.2, 0.25) is 5.91 Å². The summed E-state index contributed by atoms with van der Waals surface area (Å²) in [4.78, 5) is 31.7. The number of aromatic nitrogens is 1. The molecule has 142 valence electrons. The Hall–Kier alpha value is -2.55. The zero-order valence-electron chi connectivity index (χ0n) is 15.5. The summed E-state index contributed by atoms with van der Waals surface area (Å²) in [5, 5.41) is 4.35. The number of nitrogens with zero attached hydrogens (tertiary/aromatic N) is 3. The highest BCUT2D eigenvalue weighted by Gasteiger charge is 2.18. The van der Waals surface area contributed by atoms with E-state index < -0.39 is 0 Å². The lowest BCUT2D eigenvalue weighted by Gasteiger charge is -2.29.